The maximum Gasteiger partial charge on any atom is 0.389 e. The molecule has 0 aromatic rings. The average Bonchev–Trinajstić information content (AvgIpc) is 2.14. The summed E-state index contributed by atoms with van der Waals surface area (Å²) in [5, 5.41) is 0. The van der Waals surface area contributed by atoms with Crippen LogP contribution in [0, 0.1) is 5.92 Å². The molecule has 1 atom stereocenters. The zero-order valence-electron chi connectivity index (χ0n) is 8.73. The second-order valence-corrected chi connectivity index (χ2v) is 4.15. The topological polar surface area (TPSA) is 17.1 Å². The standard InChI is InChI=1S/C11H15F3O/c1-8-2-4-9(5-3-8)10(15)6-7-11(12,13)14/h4,8H,2-3,5-7H2,1H3. The third-order valence-corrected chi connectivity index (χ3v) is 2.67. The molecule has 0 spiro atoms. The van der Waals surface area contributed by atoms with E-state index in [1.807, 2.05) is 0 Å². The molecule has 86 valence electrons. The number of carbonyl (C=O) groups excluding carboxylic acids is 1. The Bertz CT molecular complexity index is 265. The van der Waals surface area contributed by atoms with Crippen molar-refractivity contribution in [3.8, 4) is 0 Å². The first-order valence-electron chi connectivity index (χ1n) is 5.17. The first-order valence-corrected chi connectivity index (χ1v) is 5.17. The van der Waals surface area contributed by atoms with Crippen LogP contribution in [-0.4, -0.2) is 12.0 Å². The zero-order valence-corrected chi connectivity index (χ0v) is 8.73. The van der Waals surface area contributed by atoms with Crippen molar-refractivity contribution < 1.29 is 18.0 Å². The molecule has 0 aromatic heterocycles. The first kappa shape index (κ1) is 12.3. The van der Waals surface area contributed by atoms with Gasteiger partial charge < -0.3 is 0 Å². The van der Waals surface area contributed by atoms with Crippen LogP contribution >= 0.6 is 0 Å². The van der Waals surface area contributed by atoms with Gasteiger partial charge in [-0.3, -0.25) is 4.79 Å². The normalized spacial score (nSPS) is 22.4. The minimum atomic E-state index is -4.22. The van der Waals surface area contributed by atoms with Gasteiger partial charge in [-0.05, 0) is 30.8 Å². The lowest BCUT2D eigenvalue weighted by atomic mass is 9.88. The predicted molar refractivity (Wildman–Crippen MR) is 51.4 cm³/mol. The zero-order chi connectivity index (χ0) is 11.5. The second kappa shape index (κ2) is 4.81. The van der Waals surface area contributed by atoms with Gasteiger partial charge >= 0.3 is 6.18 Å². The van der Waals surface area contributed by atoms with E-state index in [-0.39, 0.29) is 5.78 Å². The van der Waals surface area contributed by atoms with Gasteiger partial charge in [0.2, 0.25) is 0 Å². The molecule has 0 saturated heterocycles. The Labute approximate surface area is 87.4 Å². The molecule has 0 radical (unpaired) electrons. The van der Waals surface area contributed by atoms with Gasteiger partial charge in [-0.15, -0.1) is 0 Å². The van der Waals surface area contributed by atoms with Crippen LogP contribution in [0.3, 0.4) is 0 Å². The van der Waals surface area contributed by atoms with Crippen LogP contribution in [0.15, 0.2) is 11.6 Å². The summed E-state index contributed by atoms with van der Waals surface area (Å²) in [4.78, 5) is 11.4. The van der Waals surface area contributed by atoms with E-state index in [1.165, 1.54) is 0 Å². The average molecular weight is 220 g/mol. The molecule has 1 unspecified atom stereocenters. The van der Waals surface area contributed by atoms with Crippen molar-refractivity contribution in [1.29, 1.82) is 0 Å². The van der Waals surface area contributed by atoms with Crippen LogP contribution in [0.1, 0.15) is 39.0 Å². The van der Waals surface area contributed by atoms with E-state index in [9.17, 15) is 18.0 Å². The fourth-order valence-electron chi connectivity index (χ4n) is 1.63. The third-order valence-electron chi connectivity index (χ3n) is 2.67. The van der Waals surface area contributed by atoms with Crippen LogP contribution in [-0.2, 0) is 4.79 Å². The molecular weight excluding hydrogens is 205 g/mol. The highest BCUT2D eigenvalue weighted by Crippen LogP contribution is 2.27. The quantitative estimate of drug-likeness (QED) is 0.709. The number of Topliss-reactive ketones (excluding diaryl/α,β-unsaturated/α-hetero) is 1. The van der Waals surface area contributed by atoms with Crippen molar-refractivity contribution >= 4 is 5.78 Å². The van der Waals surface area contributed by atoms with E-state index in [0.717, 1.165) is 12.8 Å². The van der Waals surface area contributed by atoms with E-state index in [4.69, 9.17) is 0 Å². The van der Waals surface area contributed by atoms with Gasteiger partial charge in [0.1, 0.15) is 0 Å². The number of hydrogen-bond acceptors (Lipinski definition) is 1. The first-order chi connectivity index (χ1) is 6.88. The largest absolute Gasteiger partial charge is 0.389 e. The van der Waals surface area contributed by atoms with Crippen molar-refractivity contribution in [2.45, 2.75) is 45.2 Å². The summed E-state index contributed by atoms with van der Waals surface area (Å²) in [6, 6.07) is 0. The Morgan fingerprint density at radius 1 is 1.53 bits per heavy atom. The Morgan fingerprint density at radius 3 is 2.67 bits per heavy atom. The maximum absolute atomic E-state index is 11.9. The van der Waals surface area contributed by atoms with Crippen LogP contribution in [0.25, 0.3) is 0 Å². The SMILES string of the molecule is CC1CC=C(C(=O)CCC(F)(F)F)CC1. The molecule has 1 nitrogen and oxygen atoms in total. The summed E-state index contributed by atoms with van der Waals surface area (Å²) >= 11 is 0. The summed E-state index contributed by atoms with van der Waals surface area (Å²) < 4.78 is 35.6. The van der Waals surface area contributed by atoms with Crippen molar-refractivity contribution in [3.63, 3.8) is 0 Å². The van der Waals surface area contributed by atoms with Crippen molar-refractivity contribution in [2.75, 3.05) is 0 Å². The fourth-order valence-corrected chi connectivity index (χ4v) is 1.63. The van der Waals surface area contributed by atoms with Gasteiger partial charge in [-0.2, -0.15) is 13.2 Å². The van der Waals surface area contributed by atoms with Crippen LogP contribution < -0.4 is 0 Å². The molecule has 0 amide bonds. The van der Waals surface area contributed by atoms with Crippen LogP contribution in [0.4, 0.5) is 13.2 Å². The summed E-state index contributed by atoms with van der Waals surface area (Å²) in [6.07, 6.45) is -1.47. The number of hydrogen-bond donors (Lipinski definition) is 0. The monoisotopic (exact) mass is 220 g/mol. The van der Waals surface area contributed by atoms with E-state index < -0.39 is 19.0 Å². The summed E-state index contributed by atoms with van der Waals surface area (Å²) in [5.74, 6) is 0.211. The lowest BCUT2D eigenvalue weighted by Gasteiger charge is -2.17. The van der Waals surface area contributed by atoms with Gasteiger partial charge in [0, 0.05) is 6.42 Å². The lowest BCUT2D eigenvalue weighted by Crippen LogP contribution is -2.14. The third kappa shape index (κ3) is 4.49. The fraction of sp³-hybridized carbons (Fsp3) is 0.727. The number of rotatable bonds is 3. The molecule has 0 aliphatic heterocycles. The van der Waals surface area contributed by atoms with E-state index in [2.05, 4.69) is 6.92 Å². The summed E-state index contributed by atoms with van der Waals surface area (Å²) in [6.45, 7) is 2.08. The molecular formula is C11H15F3O. The minimum absolute atomic E-state index is 0.334. The Kier molecular flexibility index (Phi) is 3.94. The summed E-state index contributed by atoms with van der Waals surface area (Å²) in [7, 11) is 0. The highest BCUT2D eigenvalue weighted by Gasteiger charge is 2.28. The minimum Gasteiger partial charge on any atom is -0.295 e. The Morgan fingerprint density at radius 2 is 2.20 bits per heavy atom. The van der Waals surface area contributed by atoms with E-state index >= 15 is 0 Å². The number of alkyl halides is 3. The molecule has 1 aliphatic rings. The molecule has 15 heavy (non-hydrogen) atoms. The molecule has 0 heterocycles. The van der Waals surface area contributed by atoms with Crippen LogP contribution in [0.2, 0.25) is 0 Å². The molecule has 0 fully saturated rings. The maximum atomic E-state index is 11.9. The van der Waals surface area contributed by atoms with Crippen LogP contribution in [0.5, 0.6) is 0 Å². The molecule has 1 rings (SSSR count). The van der Waals surface area contributed by atoms with Crippen molar-refractivity contribution in [1.82, 2.24) is 0 Å². The number of carbonyl (C=O) groups is 1. The molecule has 0 saturated carbocycles. The van der Waals surface area contributed by atoms with Crippen molar-refractivity contribution in [3.05, 3.63) is 11.6 Å². The van der Waals surface area contributed by atoms with Crippen molar-refractivity contribution in [2.24, 2.45) is 5.92 Å². The summed E-state index contributed by atoms with van der Waals surface area (Å²) in [5.41, 5.74) is 0.595. The Balaban J connectivity index is 2.41. The highest BCUT2D eigenvalue weighted by atomic mass is 19.4. The molecule has 4 heteroatoms. The van der Waals surface area contributed by atoms with Gasteiger partial charge in [0.15, 0.2) is 5.78 Å². The Hall–Kier alpha value is -0.800. The van der Waals surface area contributed by atoms with Gasteiger partial charge in [0.25, 0.3) is 0 Å². The molecule has 0 bridgehead atoms. The van der Waals surface area contributed by atoms with Gasteiger partial charge in [-0.25, -0.2) is 0 Å². The van der Waals surface area contributed by atoms with E-state index in [0.29, 0.717) is 17.9 Å². The van der Waals surface area contributed by atoms with Gasteiger partial charge in [0.05, 0.1) is 6.42 Å². The smallest absolute Gasteiger partial charge is 0.295 e. The number of halogens is 3. The number of ketones is 1. The van der Waals surface area contributed by atoms with E-state index in [1.54, 1.807) is 6.08 Å². The second-order valence-electron chi connectivity index (χ2n) is 4.15. The lowest BCUT2D eigenvalue weighted by molar-refractivity contribution is -0.141. The predicted octanol–water partition coefficient (Wildman–Crippen LogP) is 3.64. The number of allylic oxidation sites excluding steroid dienone is 2. The molecule has 0 N–H and O–H groups in total. The molecule has 1 aliphatic carbocycles. The molecule has 0 aromatic carbocycles. The highest BCUT2D eigenvalue weighted by molar-refractivity contribution is 5.95. The van der Waals surface area contributed by atoms with Gasteiger partial charge in [-0.1, -0.05) is 13.0 Å².